The predicted molar refractivity (Wildman–Crippen MR) is 71.3 cm³/mol. The molecule has 0 spiro atoms. The number of likely N-dealkylation sites (N-methyl/N-ethyl adjacent to an activating group) is 1. The van der Waals surface area contributed by atoms with Gasteiger partial charge < -0.3 is 4.74 Å². The van der Waals surface area contributed by atoms with Gasteiger partial charge in [-0.2, -0.15) is 0 Å². The van der Waals surface area contributed by atoms with Gasteiger partial charge in [0.15, 0.2) is 0 Å². The van der Waals surface area contributed by atoms with Crippen molar-refractivity contribution in [3.05, 3.63) is 48.0 Å². The molecular weight excluding hydrogens is 226 g/mol. The van der Waals surface area contributed by atoms with Crippen molar-refractivity contribution in [2.45, 2.75) is 24.9 Å². The van der Waals surface area contributed by atoms with Crippen LogP contribution >= 0.6 is 0 Å². The molecule has 0 aromatic heterocycles. The highest BCUT2D eigenvalue weighted by Gasteiger charge is 2.42. The lowest BCUT2D eigenvalue weighted by molar-refractivity contribution is -0.150. The molecule has 96 valence electrons. The van der Waals surface area contributed by atoms with Crippen LogP contribution in [-0.4, -0.2) is 36.6 Å². The van der Waals surface area contributed by atoms with Crippen molar-refractivity contribution in [1.82, 2.24) is 4.90 Å². The maximum absolute atomic E-state index is 11.8. The lowest BCUT2D eigenvalue weighted by Crippen LogP contribution is -2.50. The number of rotatable bonds is 3. The molecule has 2 rings (SSSR count). The minimum absolute atomic E-state index is 0.211. The smallest absolute Gasteiger partial charge is 0.330 e. The van der Waals surface area contributed by atoms with Crippen LogP contribution in [0.3, 0.4) is 0 Å². The van der Waals surface area contributed by atoms with Gasteiger partial charge in [-0.05, 0) is 26.0 Å². The number of ether oxygens (including phenoxy) is 1. The molecule has 1 aromatic carbocycles. The van der Waals surface area contributed by atoms with Crippen LogP contribution in [-0.2, 0) is 16.0 Å². The Morgan fingerprint density at radius 1 is 1.39 bits per heavy atom. The van der Waals surface area contributed by atoms with E-state index in [2.05, 4.69) is 23.1 Å². The normalized spacial score (nSPS) is 27.4. The maximum atomic E-state index is 11.8. The fourth-order valence-corrected chi connectivity index (χ4v) is 2.37. The van der Waals surface area contributed by atoms with Crippen molar-refractivity contribution < 1.29 is 9.53 Å². The first kappa shape index (κ1) is 12.8. The summed E-state index contributed by atoms with van der Waals surface area (Å²) in [6, 6.07) is 10.5. The summed E-state index contributed by atoms with van der Waals surface area (Å²) in [4.78, 5) is 13.9. The third-order valence-electron chi connectivity index (χ3n) is 3.76. The van der Waals surface area contributed by atoms with Gasteiger partial charge in [-0.15, -0.1) is 0 Å². The number of esters is 1. The van der Waals surface area contributed by atoms with E-state index in [1.807, 2.05) is 38.2 Å². The lowest BCUT2D eigenvalue weighted by atomic mass is 10.0. The zero-order chi connectivity index (χ0) is 13.2. The fourth-order valence-electron chi connectivity index (χ4n) is 2.37. The third kappa shape index (κ3) is 2.18. The molecule has 3 heteroatoms. The molecule has 18 heavy (non-hydrogen) atoms. The first-order chi connectivity index (χ1) is 8.58. The zero-order valence-corrected chi connectivity index (χ0v) is 11.1. The van der Waals surface area contributed by atoms with Gasteiger partial charge in [-0.3, -0.25) is 4.90 Å². The SMILES string of the molecule is COC(=O)[C@@]1(C)C=C[C@@H](Cc2ccccc2)N1C. The number of hydrogen-bond acceptors (Lipinski definition) is 3. The lowest BCUT2D eigenvalue weighted by Gasteiger charge is -2.32. The summed E-state index contributed by atoms with van der Waals surface area (Å²) in [5.41, 5.74) is 0.627. The second-order valence-corrected chi connectivity index (χ2v) is 4.87. The fraction of sp³-hybridized carbons (Fsp3) is 0.400. The van der Waals surface area contributed by atoms with Crippen molar-refractivity contribution in [3.8, 4) is 0 Å². The van der Waals surface area contributed by atoms with Gasteiger partial charge in [-0.1, -0.05) is 42.5 Å². The monoisotopic (exact) mass is 245 g/mol. The highest BCUT2D eigenvalue weighted by molar-refractivity contribution is 5.83. The quantitative estimate of drug-likeness (QED) is 0.603. The van der Waals surface area contributed by atoms with E-state index in [0.29, 0.717) is 0 Å². The van der Waals surface area contributed by atoms with E-state index in [9.17, 15) is 4.79 Å². The van der Waals surface area contributed by atoms with E-state index in [1.54, 1.807) is 0 Å². The van der Waals surface area contributed by atoms with E-state index >= 15 is 0 Å². The maximum Gasteiger partial charge on any atom is 0.330 e. The van der Waals surface area contributed by atoms with Crippen LogP contribution in [0, 0.1) is 0 Å². The van der Waals surface area contributed by atoms with Crippen LogP contribution in [0.25, 0.3) is 0 Å². The molecule has 3 nitrogen and oxygen atoms in total. The summed E-state index contributed by atoms with van der Waals surface area (Å²) in [7, 11) is 3.39. The Labute approximate surface area is 108 Å². The molecule has 2 atom stereocenters. The Kier molecular flexibility index (Phi) is 3.53. The molecule has 0 saturated carbocycles. The summed E-state index contributed by atoms with van der Waals surface area (Å²) in [6.07, 6.45) is 4.93. The Balaban J connectivity index is 2.11. The zero-order valence-electron chi connectivity index (χ0n) is 11.1. The van der Waals surface area contributed by atoms with Gasteiger partial charge in [0.2, 0.25) is 0 Å². The van der Waals surface area contributed by atoms with Gasteiger partial charge in [0.05, 0.1) is 7.11 Å². The molecule has 1 aliphatic rings. The molecule has 0 radical (unpaired) electrons. The molecule has 0 bridgehead atoms. The van der Waals surface area contributed by atoms with Crippen molar-refractivity contribution >= 4 is 5.97 Å². The molecule has 1 heterocycles. The average Bonchev–Trinajstić information content (AvgIpc) is 2.69. The number of nitrogens with zero attached hydrogens (tertiary/aromatic N) is 1. The summed E-state index contributed by atoms with van der Waals surface area (Å²) >= 11 is 0. The van der Waals surface area contributed by atoms with E-state index in [4.69, 9.17) is 4.74 Å². The minimum atomic E-state index is -0.645. The number of carbonyl (C=O) groups is 1. The predicted octanol–water partition coefficient (Wildman–Crippen LogP) is 2.03. The van der Waals surface area contributed by atoms with Gasteiger partial charge in [0, 0.05) is 6.04 Å². The van der Waals surface area contributed by atoms with E-state index in [-0.39, 0.29) is 12.0 Å². The molecule has 0 amide bonds. The first-order valence-electron chi connectivity index (χ1n) is 6.12. The molecular formula is C15H19NO2. The van der Waals surface area contributed by atoms with Crippen LogP contribution in [0.4, 0.5) is 0 Å². The van der Waals surface area contributed by atoms with Crippen LogP contribution in [0.5, 0.6) is 0 Å². The van der Waals surface area contributed by atoms with Crippen molar-refractivity contribution in [2.75, 3.05) is 14.2 Å². The Bertz CT molecular complexity index is 455. The van der Waals surface area contributed by atoms with Crippen molar-refractivity contribution in [2.24, 2.45) is 0 Å². The number of hydrogen-bond donors (Lipinski definition) is 0. The number of benzene rings is 1. The second-order valence-electron chi connectivity index (χ2n) is 4.87. The first-order valence-corrected chi connectivity index (χ1v) is 6.12. The Hall–Kier alpha value is -1.61. The highest BCUT2D eigenvalue weighted by atomic mass is 16.5. The van der Waals surface area contributed by atoms with Crippen LogP contribution in [0.2, 0.25) is 0 Å². The van der Waals surface area contributed by atoms with E-state index < -0.39 is 5.54 Å². The van der Waals surface area contributed by atoms with Crippen molar-refractivity contribution in [3.63, 3.8) is 0 Å². The summed E-state index contributed by atoms with van der Waals surface area (Å²) in [6.45, 7) is 1.89. The molecule has 0 saturated heterocycles. The van der Waals surface area contributed by atoms with Gasteiger partial charge in [-0.25, -0.2) is 4.79 Å². The van der Waals surface area contributed by atoms with Gasteiger partial charge in [0.25, 0.3) is 0 Å². The molecule has 1 aromatic rings. The third-order valence-corrected chi connectivity index (χ3v) is 3.76. The topological polar surface area (TPSA) is 29.5 Å². The molecule has 0 unspecified atom stereocenters. The standard InChI is InChI=1S/C15H19NO2/c1-15(14(17)18-3)10-9-13(16(15)2)11-12-7-5-4-6-8-12/h4-10,13H,11H2,1-3H3/t13-,15+/m0/s1. The average molecular weight is 245 g/mol. The van der Waals surface area contributed by atoms with Crippen molar-refractivity contribution in [1.29, 1.82) is 0 Å². The van der Waals surface area contributed by atoms with Crippen LogP contribution < -0.4 is 0 Å². The summed E-state index contributed by atoms with van der Waals surface area (Å²) in [5.74, 6) is -0.211. The highest BCUT2D eigenvalue weighted by Crippen LogP contribution is 2.28. The number of methoxy groups -OCH3 is 1. The second kappa shape index (κ2) is 4.94. The minimum Gasteiger partial charge on any atom is -0.467 e. The molecule has 1 aliphatic heterocycles. The largest absolute Gasteiger partial charge is 0.467 e. The van der Waals surface area contributed by atoms with Gasteiger partial charge >= 0.3 is 5.97 Å². The van der Waals surface area contributed by atoms with Crippen LogP contribution in [0.15, 0.2) is 42.5 Å². The number of carbonyl (C=O) groups excluding carboxylic acids is 1. The Morgan fingerprint density at radius 2 is 2.06 bits per heavy atom. The van der Waals surface area contributed by atoms with Crippen LogP contribution in [0.1, 0.15) is 12.5 Å². The summed E-state index contributed by atoms with van der Waals surface area (Å²) < 4.78 is 4.87. The molecule has 0 N–H and O–H groups in total. The van der Waals surface area contributed by atoms with Gasteiger partial charge in [0.1, 0.15) is 5.54 Å². The summed E-state index contributed by atoms with van der Waals surface area (Å²) in [5, 5.41) is 0. The van der Waals surface area contributed by atoms with E-state index in [0.717, 1.165) is 6.42 Å². The molecule has 0 aliphatic carbocycles. The Morgan fingerprint density at radius 3 is 2.67 bits per heavy atom. The molecule has 0 fully saturated rings. The van der Waals surface area contributed by atoms with E-state index in [1.165, 1.54) is 12.7 Å².